The van der Waals surface area contributed by atoms with Crippen LogP contribution in [0.5, 0.6) is 0 Å². The number of nitrogens with one attached hydrogen (secondary N) is 1. The minimum atomic E-state index is -0.188. The molecule has 3 heteroatoms. The molecule has 0 bridgehead atoms. The van der Waals surface area contributed by atoms with Crippen molar-refractivity contribution in [2.45, 2.75) is 77.4 Å². The van der Waals surface area contributed by atoms with Crippen LogP contribution in [0.1, 0.15) is 65.7 Å². The molecule has 0 heterocycles. The Bertz CT molecular complexity index is 231. The Labute approximate surface area is 119 Å². The van der Waals surface area contributed by atoms with Gasteiger partial charge in [-0.1, -0.05) is 39.5 Å². The Kier molecular flexibility index (Phi) is 7.96. The molecular weight excluding hydrogens is 238 g/mol. The predicted molar refractivity (Wildman–Crippen MR) is 80.4 cm³/mol. The normalized spacial score (nSPS) is 20.2. The molecule has 1 rings (SSSR count). The number of hydrogen-bond acceptors (Lipinski definition) is 3. The molecule has 0 aliphatic heterocycles. The van der Waals surface area contributed by atoms with Crippen molar-refractivity contribution >= 4 is 0 Å². The molecule has 3 nitrogen and oxygen atoms in total. The van der Waals surface area contributed by atoms with Crippen LogP contribution in [0.2, 0.25) is 0 Å². The van der Waals surface area contributed by atoms with Crippen molar-refractivity contribution in [3.8, 4) is 0 Å². The van der Waals surface area contributed by atoms with Crippen LogP contribution in [0, 0.1) is 5.92 Å². The van der Waals surface area contributed by atoms with Crippen LogP contribution in [0.3, 0.4) is 0 Å². The summed E-state index contributed by atoms with van der Waals surface area (Å²) in [5.74, 6) is 0.602. The molecule has 0 spiro atoms. The van der Waals surface area contributed by atoms with Gasteiger partial charge in [-0.3, -0.25) is 0 Å². The first-order valence-corrected chi connectivity index (χ1v) is 8.16. The molecule has 1 saturated carbocycles. The van der Waals surface area contributed by atoms with E-state index in [4.69, 9.17) is 4.74 Å². The van der Waals surface area contributed by atoms with Crippen molar-refractivity contribution < 1.29 is 9.84 Å². The fourth-order valence-electron chi connectivity index (χ4n) is 2.76. The molecule has 0 saturated heterocycles. The Hall–Kier alpha value is -0.120. The van der Waals surface area contributed by atoms with Crippen molar-refractivity contribution in [1.82, 2.24) is 5.32 Å². The number of aliphatic hydroxyl groups is 1. The van der Waals surface area contributed by atoms with Crippen LogP contribution < -0.4 is 5.32 Å². The van der Waals surface area contributed by atoms with Gasteiger partial charge in [0.2, 0.25) is 0 Å². The number of aliphatic hydroxyl groups excluding tert-OH is 1. The van der Waals surface area contributed by atoms with Crippen LogP contribution in [-0.2, 0) is 4.74 Å². The van der Waals surface area contributed by atoms with Crippen LogP contribution in [0.15, 0.2) is 0 Å². The summed E-state index contributed by atoms with van der Waals surface area (Å²) in [5, 5.41) is 13.2. The quantitative estimate of drug-likeness (QED) is 0.536. The summed E-state index contributed by atoms with van der Waals surface area (Å²) in [6, 6.07) is 0. The molecule has 0 amide bonds. The maximum atomic E-state index is 9.73. The van der Waals surface area contributed by atoms with Crippen LogP contribution in [0.4, 0.5) is 0 Å². The van der Waals surface area contributed by atoms with Crippen LogP contribution >= 0.6 is 0 Å². The van der Waals surface area contributed by atoms with E-state index in [1.807, 2.05) is 0 Å². The van der Waals surface area contributed by atoms with Gasteiger partial charge >= 0.3 is 0 Å². The molecule has 1 aliphatic rings. The first-order valence-electron chi connectivity index (χ1n) is 8.16. The second kappa shape index (κ2) is 8.93. The third-order valence-corrected chi connectivity index (χ3v) is 4.26. The first-order chi connectivity index (χ1) is 9.18. The molecule has 0 radical (unpaired) electrons. The monoisotopic (exact) mass is 271 g/mol. The van der Waals surface area contributed by atoms with E-state index in [-0.39, 0.29) is 12.1 Å². The summed E-state index contributed by atoms with van der Waals surface area (Å²) in [5.41, 5.74) is -0.188. The average molecular weight is 271 g/mol. The molecule has 1 fully saturated rings. The summed E-state index contributed by atoms with van der Waals surface area (Å²) >= 11 is 0. The Morgan fingerprint density at radius 3 is 2.53 bits per heavy atom. The van der Waals surface area contributed by atoms with E-state index in [9.17, 15) is 5.11 Å². The zero-order chi connectivity index (χ0) is 14.1. The number of hydrogen-bond donors (Lipinski definition) is 2. The summed E-state index contributed by atoms with van der Waals surface area (Å²) in [7, 11) is 0. The molecule has 114 valence electrons. The van der Waals surface area contributed by atoms with Gasteiger partial charge in [-0.2, -0.15) is 0 Å². The predicted octanol–water partition coefficient (Wildman–Crippen LogP) is 3.11. The summed E-state index contributed by atoms with van der Waals surface area (Å²) < 4.78 is 6.01. The lowest BCUT2D eigenvalue weighted by molar-refractivity contribution is -0.0142. The number of likely N-dealkylation sites (N-methyl/N-ethyl adjacent to an activating group) is 1. The van der Waals surface area contributed by atoms with Crippen LogP contribution in [-0.4, -0.2) is 36.5 Å². The Balaban J connectivity index is 2.26. The molecule has 0 aromatic rings. The van der Waals surface area contributed by atoms with Gasteiger partial charge < -0.3 is 15.2 Å². The highest BCUT2D eigenvalue weighted by molar-refractivity contribution is 5.00. The lowest BCUT2D eigenvalue weighted by Gasteiger charge is -2.34. The molecule has 0 aromatic heterocycles. The van der Waals surface area contributed by atoms with E-state index in [0.717, 1.165) is 13.0 Å². The fourth-order valence-corrected chi connectivity index (χ4v) is 2.76. The molecule has 2 unspecified atom stereocenters. The van der Waals surface area contributed by atoms with Gasteiger partial charge in [0, 0.05) is 0 Å². The van der Waals surface area contributed by atoms with Gasteiger partial charge in [0.1, 0.15) is 0 Å². The smallest absolute Gasteiger partial charge is 0.0679 e. The third-order valence-electron chi connectivity index (χ3n) is 4.26. The van der Waals surface area contributed by atoms with Crippen LogP contribution in [0.25, 0.3) is 0 Å². The summed E-state index contributed by atoms with van der Waals surface area (Å²) in [6.45, 7) is 8.23. The van der Waals surface area contributed by atoms with Gasteiger partial charge in [-0.25, -0.2) is 0 Å². The second-order valence-corrected chi connectivity index (χ2v) is 6.09. The van der Waals surface area contributed by atoms with Crippen molar-refractivity contribution in [2.75, 3.05) is 19.8 Å². The number of ether oxygens (including phenoxy) is 1. The van der Waals surface area contributed by atoms with Gasteiger partial charge in [0.15, 0.2) is 0 Å². The van der Waals surface area contributed by atoms with Gasteiger partial charge in [-0.15, -0.1) is 0 Å². The minimum Gasteiger partial charge on any atom is -0.394 e. The van der Waals surface area contributed by atoms with E-state index in [1.54, 1.807) is 0 Å². The Morgan fingerprint density at radius 1 is 1.26 bits per heavy atom. The maximum Gasteiger partial charge on any atom is 0.0679 e. The third kappa shape index (κ3) is 5.80. The molecular formula is C16H33NO2. The summed E-state index contributed by atoms with van der Waals surface area (Å²) in [4.78, 5) is 0. The van der Waals surface area contributed by atoms with E-state index in [0.29, 0.717) is 18.6 Å². The van der Waals surface area contributed by atoms with Crippen molar-refractivity contribution in [3.05, 3.63) is 0 Å². The van der Waals surface area contributed by atoms with E-state index < -0.39 is 0 Å². The molecule has 2 N–H and O–H groups in total. The number of unbranched alkanes of at least 4 members (excludes halogenated alkanes) is 3. The highest BCUT2D eigenvalue weighted by Gasteiger charge is 2.44. The van der Waals surface area contributed by atoms with Crippen molar-refractivity contribution in [1.29, 1.82) is 0 Å². The van der Waals surface area contributed by atoms with Crippen molar-refractivity contribution in [2.24, 2.45) is 5.92 Å². The number of rotatable bonds is 12. The topological polar surface area (TPSA) is 41.5 Å². The molecule has 19 heavy (non-hydrogen) atoms. The largest absolute Gasteiger partial charge is 0.394 e. The minimum absolute atomic E-state index is 0.188. The van der Waals surface area contributed by atoms with Gasteiger partial charge in [-0.05, 0) is 38.6 Å². The molecule has 0 aromatic carbocycles. The zero-order valence-corrected chi connectivity index (χ0v) is 13.1. The first kappa shape index (κ1) is 16.9. The van der Waals surface area contributed by atoms with E-state index in [2.05, 4.69) is 26.1 Å². The van der Waals surface area contributed by atoms with E-state index in [1.165, 1.54) is 38.5 Å². The standard InChI is InChI=1S/C16H33NO2/c1-4-6-7-8-9-14(3)19-13-16(12-18,17-5-2)15-10-11-15/h14-15,17-18H,4-13H2,1-3H3. The van der Waals surface area contributed by atoms with Crippen molar-refractivity contribution in [3.63, 3.8) is 0 Å². The Morgan fingerprint density at radius 2 is 2.00 bits per heavy atom. The lowest BCUT2D eigenvalue weighted by atomic mass is 9.95. The molecule has 2 atom stereocenters. The van der Waals surface area contributed by atoms with Gasteiger partial charge in [0.25, 0.3) is 0 Å². The summed E-state index contributed by atoms with van der Waals surface area (Å²) in [6.07, 6.45) is 9.07. The van der Waals surface area contributed by atoms with Gasteiger partial charge in [0.05, 0.1) is 24.9 Å². The second-order valence-electron chi connectivity index (χ2n) is 6.09. The SMILES string of the molecule is CCCCCCC(C)OCC(CO)(NCC)C1CC1. The average Bonchev–Trinajstić information content (AvgIpc) is 3.24. The lowest BCUT2D eigenvalue weighted by Crippen LogP contribution is -2.54. The maximum absolute atomic E-state index is 9.73. The zero-order valence-electron chi connectivity index (χ0n) is 13.1. The fraction of sp³-hybridized carbons (Fsp3) is 1.00. The van der Waals surface area contributed by atoms with E-state index >= 15 is 0 Å². The highest BCUT2D eigenvalue weighted by atomic mass is 16.5. The molecule has 1 aliphatic carbocycles. The highest BCUT2D eigenvalue weighted by Crippen LogP contribution is 2.40.